The van der Waals surface area contributed by atoms with Crippen LogP contribution in [0.15, 0.2) is 48.5 Å². The van der Waals surface area contributed by atoms with Crippen molar-refractivity contribution in [2.75, 3.05) is 25.0 Å². The van der Waals surface area contributed by atoms with Gasteiger partial charge in [0.1, 0.15) is 5.82 Å². The van der Waals surface area contributed by atoms with Gasteiger partial charge in [0.2, 0.25) is 0 Å². The smallest absolute Gasteiger partial charge is 0.320 e. The van der Waals surface area contributed by atoms with E-state index in [4.69, 9.17) is 0 Å². The summed E-state index contributed by atoms with van der Waals surface area (Å²) < 4.78 is 53.2. The highest BCUT2D eigenvalue weighted by Crippen LogP contribution is 2.34. The Labute approximate surface area is 186 Å². The number of rotatable bonds is 7. The normalized spacial score (nSPS) is 17.2. The molecule has 0 spiro atoms. The number of urea groups is 1. The van der Waals surface area contributed by atoms with E-state index >= 15 is 0 Å². The van der Waals surface area contributed by atoms with Gasteiger partial charge < -0.3 is 15.1 Å². The van der Waals surface area contributed by atoms with E-state index in [0.717, 1.165) is 32.0 Å². The Kier molecular flexibility index (Phi) is 8.12. The zero-order chi connectivity index (χ0) is 23.1. The second-order valence-electron chi connectivity index (χ2n) is 8.26. The molecule has 4 nitrogen and oxygen atoms in total. The molecule has 1 heterocycles. The van der Waals surface area contributed by atoms with Crippen molar-refractivity contribution in [3.05, 3.63) is 65.5 Å². The Balaban J connectivity index is 1.71. The minimum absolute atomic E-state index is 0.176. The number of carbonyl (C=O) groups is 1. The number of piperidine rings is 1. The van der Waals surface area contributed by atoms with Crippen LogP contribution in [-0.2, 0) is 12.7 Å². The van der Waals surface area contributed by atoms with Gasteiger partial charge in [0, 0.05) is 25.7 Å². The molecule has 1 unspecified atom stereocenters. The third-order valence-corrected chi connectivity index (χ3v) is 5.86. The van der Waals surface area contributed by atoms with Crippen LogP contribution in [0.5, 0.6) is 0 Å². The van der Waals surface area contributed by atoms with Gasteiger partial charge in [-0.2, -0.15) is 13.2 Å². The van der Waals surface area contributed by atoms with E-state index < -0.39 is 17.8 Å². The standard InChI is InChI=1S/C24H29F4N3O/c1-18-7-4-5-14-30(18)15-6-16-31(17-19-10-12-20(25)13-11-19)23(32)29-22-9-3-2-8-21(22)24(26,27)28/h2-3,8-13,18H,4-7,14-17H2,1H3,(H,29,32). The number of hydrogen-bond acceptors (Lipinski definition) is 2. The maximum Gasteiger partial charge on any atom is 0.418 e. The first kappa shape index (κ1) is 24.0. The second kappa shape index (κ2) is 10.8. The summed E-state index contributed by atoms with van der Waals surface area (Å²) in [5.74, 6) is -0.386. The molecule has 3 rings (SSSR count). The molecule has 1 aliphatic heterocycles. The van der Waals surface area contributed by atoms with E-state index in [1.165, 1.54) is 41.7 Å². The minimum atomic E-state index is -4.57. The van der Waals surface area contributed by atoms with Crippen molar-refractivity contribution in [2.24, 2.45) is 0 Å². The van der Waals surface area contributed by atoms with E-state index in [9.17, 15) is 22.4 Å². The van der Waals surface area contributed by atoms with Gasteiger partial charge in [0.25, 0.3) is 0 Å². The van der Waals surface area contributed by atoms with Gasteiger partial charge in [0.05, 0.1) is 11.3 Å². The summed E-state index contributed by atoms with van der Waals surface area (Å²) in [5.41, 5.74) is -0.465. The van der Waals surface area contributed by atoms with Crippen LogP contribution in [0, 0.1) is 5.82 Å². The molecule has 0 saturated carbocycles. The summed E-state index contributed by atoms with van der Waals surface area (Å²) >= 11 is 0. The fourth-order valence-electron chi connectivity index (χ4n) is 4.05. The van der Waals surface area contributed by atoms with E-state index in [2.05, 4.69) is 17.1 Å². The van der Waals surface area contributed by atoms with E-state index in [0.29, 0.717) is 24.6 Å². The van der Waals surface area contributed by atoms with Gasteiger partial charge in [0.15, 0.2) is 0 Å². The van der Waals surface area contributed by atoms with Gasteiger partial charge >= 0.3 is 12.2 Å². The summed E-state index contributed by atoms with van der Waals surface area (Å²) in [6, 6.07) is 10.6. The summed E-state index contributed by atoms with van der Waals surface area (Å²) in [5, 5.41) is 2.43. The molecule has 32 heavy (non-hydrogen) atoms. The van der Waals surface area contributed by atoms with Crippen LogP contribution in [-0.4, -0.2) is 41.5 Å². The van der Waals surface area contributed by atoms with E-state index in [1.807, 2.05) is 0 Å². The molecule has 2 aromatic rings. The molecule has 1 N–H and O–H groups in total. The number of anilines is 1. The number of benzene rings is 2. The second-order valence-corrected chi connectivity index (χ2v) is 8.26. The third-order valence-electron chi connectivity index (χ3n) is 5.86. The number of likely N-dealkylation sites (tertiary alicyclic amines) is 1. The Morgan fingerprint density at radius 2 is 1.84 bits per heavy atom. The molecule has 2 amide bonds. The Hall–Kier alpha value is -2.61. The van der Waals surface area contributed by atoms with Crippen LogP contribution >= 0.6 is 0 Å². The molecule has 8 heteroatoms. The summed E-state index contributed by atoms with van der Waals surface area (Å²) in [7, 11) is 0. The number of carbonyl (C=O) groups excluding carboxylic acids is 1. The number of nitrogens with one attached hydrogen (secondary N) is 1. The fourth-order valence-corrected chi connectivity index (χ4v) is 4.05. The zero-order valence-corrected chi connectivity index (χ0v) is 18.2. The van der Waals surface area contributed by atoms with Gasteiger partial charge in [-0.1, -0.05) is 30.7 Å². The fraction of sp³-hybridized carbons (Fsp3) is 0.458. The summed E-state index contributed by atoms with van der Waals surface area (Å²) in [6.07, 6.45) is -0.363. The van der Waals surface area contributed by atoms with Crippen LogP contribution in [0.4, 0.5) is 28.0 Å². The number of halogens is 4. The summed E-state index contributed by atoms with van der Waals surface area (Å²) in [6.45, 7) is 4.57. The Morgan fingerprint density at radius 3 is 2.53 bits per heavy atom. The molecule has 1 atom stereocenters. The lowest BCUT2D eigenvalue weighted by atomic mass is 10.0. The first-order valence-corrected chi connectivity index (χ1v) is 10.9. The van der Waals surface area contributed by atoms with E-state index in [1.54, 1.807) is 12.1 Å². The largest absolute Gasteiger partial charge is 0.418 e. The van der Waals surface area contributed by atoms with Crippen LogP contribution in [0.1, 0.15) is 43.7 Å². The topological polar surface area (TPSA) is 35.6 Å². The number of para-hydroxylation sites is 1. The molecule has 1 aliphatic rings. The molecule has 0 aliphatic carbocycles. The zero-order valence-electron chi connectivity index (χ0n) is 18.2. The lowest BCUT2D eigenvalue weighted by Crippen LogP contribution is -2.41. The molecule has 2 aromatic carbocycles. The third kappa shape index (κ3) is 6.69. The van der Waals surface area contributed by atoms with Crippen molar-refractivity contribution >= 4 is 11.7 Å². The quantitative estimate of drug-likeness (QED) is 0.513. The molecule has 0 radical (unpaired) electrons. The number of hydrogen-bond donors (Lipinski definition) is 1. The SMILES string of the molecule is CC1CCCCN1CCCN(Cc1ccc(F)cc1)C(=O)Nc1ccccc1C(F)(F)F. The van der Waals surface area contributed by atoms with Crippen molar-refractivity contribution in [3.8, 4) is 0 Å². The molecule has 0 aromatic heterocycles. The van der Waals surface area contributed by atoms with Crippen LogP contribution in [0.3, 0.4) is 0 Å². The van der Waals surface area contributed by atoms with Crippen molar-refractivity contribution in [1.29, 1.82) is 0 Å². The highest BCUT2D eigenvalue weighted by atomic mass is 19.4. The monoisotopic (exact) mass is 451 g/mol. The average Bonchev–Trinajstić information content (AvgIpc) is 2.75. The van der Waals surface area contributed by atoms with E-state index in [-0.39, 0.29) is 18.0 Å². The molecule has 1 fully saturated rings. The lowest BCUT2D eigenvalue weighted by molar-refractivity contribution is -0.136. The molecule has 174 valence electrons. The molecular weight excluding hydrogens is 422 g/mol. The highest BCUT2D eigenvalue weighted by molar-refractivity contribution is 5.90. The Morgan fingerprint density at radius 1 is 1.12 bits per heavy atom. The molecule has 1 saturated heterocycles. The number of nitrogens with zero attached hydrogens (tertiary/aromatic N) is 2. The highest BCUT2D eigenvalue weighted by Gasteiger charge is 2.34. The van der Waals surface area contributed by atoms with Crippen LogP contribution < -0.4 is 5.32 Å². The first-order valence-electron chi connectivity index (χ1n) is 10.9. The van der Waals surface area contributed by atoms with Gasteiger partial charge in [-0.05, 0) is 62.6 Å². The minimum Gasteiger partial charge on any atom is -0.320 e. The van der Waals surface area contributed by atoms with Gasteiger partial charge in [-0.3, -0.25) is 0 Å². The molecule has 0 bridgehead atoms. The van der Waals surface area contributed by atoms with Gasteiger partial charge in [-0.15, -0.1) is 0 Å². The maximum absolute atomic E-state index is 13.3. The predicted molar refractivity (Wildman–Crippen MR) is 117 cm³/mol. The average molecular weight is 452 g/mol. The van der Waals surface area contributed by atoms with Crippen LogP contribution in [0.2, 0.25) is 0 Å². The summed E-state index contributed by atoms with van der Waals surface area (Å²) in [4.78, 5) is 16.8. The van der Waals surface area contributed by atoms with Crippen molar-refractivity contribution in [3.63, 3.8) is 0 Å². The lowest BCUT2D eigenvalue weighted by Gasteiger charge is -2.34. The van der Waals surface area contributed by atoms with Gasteiger partial charge in [-0.25, -0.2) is 9.18 Å². The number of alkyl halides is 3. The molecular formula is C24H29F4N3O. The van der Waals surface area contributed by atoms with Crippen molar-refractivity contribution in [2.45, 2.75) is 51.4 Å². The van der Waals surface area contributed by atoms with Crippen LogP contribution in [0.25, 0.3) is 0 Å². The first-order chi connectivity index (χ1) is 15.2. The predicted octanol–water partition coefficient (Wildman–Crippen LogP) is 6.14. The maximum atomic E-state index is 13.3. The number of amides is 2. The van der Waals surface area contributed by atoms with Crippen molar-refractivity contribution in [1.82, 2.24) is 9.80 Å². The Bertz CT molecular complexity index is 886. The van der Waals surface area contributed by atoms with Crippen molar-refractivity contribution < 1.29 is 22.4 Å².